The van der Waals surface area contributed by atoms with Gasteiger partial charge in [0, 0.05) is 19.2 Å². The van der Waals surface area contributed by atoms with E-state index in [9.17, 15) is 14.9 Å². The first kappa shape index (κ1) is 13.4. The zero-order valence-corrected chi connectivity index (χ0v) is 10.3. The quantitative estimate of drug-likeness (QED) is 0.472. The van der Waals surface area contributed by atoms with Crippen molar-refractivity contribution in [1.82, 2.24) is 4.90 Å². The standard InChI is InChI=1S/C11H13ClN2O3/c1-8(13(2)11(15)7-12)9-4-3-5-10(6-9)14(16)17/h3-6,8H,7H2,1-2H3. The van der Waals surface area contributed by atoms with Crippen molar-refractivity contribution in [2.45, 2.75) is 13.0 Å². The van der Waals surface area contributed by atoms with Crippen LogP contribution in [0.15, 0.2) is 24.3 Å². The van der Waals surface area contributed by atoms with Crippen molar-refractivity contribution in [3.63, 3.8) is 0 Å². The van der Waals surface area contributed by atoms with Crippen LogP contribution in [-0.2, 0) is 4.79 Å². The number of carbonyl (C=O) groups is 1. The molecule has 0 saturated carbocycles. The largest absolute Gasteiger partial charge is 0.338 e. The van der Waals surface area contributed by atoms with Crippen molar-refractivity contribution < 1.29 is 9.72 Å². The molecule has 0 fully saturated rings. The van der Waals surface area contributed by atoms with Gasteiger partial charge in [-0.3, -0.25) is 14.9 Å². The molecule has 1 rings (SSSR count). The fourth-order valence-electron chi connectivity index (χ4n) is 1.43. The molecule has 0 aliphatic carbocycles. The molecule has 6 heteroatoms. The Kier molecular flexibility index (Phi) is 4.45. The molecule has 0 bridgehead atoms. The Balaban J connectivity index is 2.96. The van der Waals surface area contributed by atoms with Crippen LogP contribution < -0.4 is 0 Å². The summed E-state index contributed by atoms with van der Waals surface area (Å²) in [6.45, 7) is 1.80. The zero-order chi connectivity index (χ0) is 13.0. The normalized spacial score (nSPS) is 11.9. The van der Waals surface area contributed by atoms with Gasteiger partial charge >= 0.3 is 0 Å². The van der Waals surface area contributed by atoms with E-state index in [-0.39, 0.29) is 23.5 Å². The highest BCUT2D eigenvalue weighted by Crippen LogP contribution is 2.23. The molecule has 0 heterocycles. The minimum absolute atomic E-state index is 0.0149. The zero-order valence-electron chi connectivity index (χ0n) is 9.59. The Morgan fingerprint density at radius 1 is 1.59 bits per heavy atom. The number of rotatable bonds is 4. The smallest absolute Gasteiger partial charge is 0.269 e. The van der Waals surface area contributed by atoms with Crippen LogP contribution in [0.2, 0.25) is 0 Å². The van der Waals surface area contributed by atoms with E-state index in [1.165, 1.54) is 17.0 Å². The third kappa shape index (κ3) is 3.17. The second kappa shape index (κ2) is 5.63. The van der Waals surface area contributed by atoms with Gasteiger partial charge in [-0.2, -0.15) is 0 Å². The third-order valence-electron chi connectivity index (χ3n) is 2.65. The summed E-state index contributed by atoms with van der Waals surface area (Å²) in [6, 6.07) is 5.97. The number of nitro benzene ring substituents is 1. The fourth-order valence-corrected chi connectivity index (χ4v) is 1.62. The molecule has 17 heavy (non-hydrogen) atoms. The van der Waals surface area contributed by atoms with Gasteiger partial charge in [0.05, 0.1) is 11.0 Å². The maximum absolute atomic E-state index is 11.4. The minimum atomic E-state index is -0.459. The number of halogens is 1. The van der Waals surface area contributed by atoms with Crippen LogP contribution in [0.5, 0.6) is 0 Å². The summed E-state index contributed by atoms with van der Waals surface area (Å²) in [6.07, 6.45) is 0. The number of nitrogens with zero attached hydrogens (tertiary/aromatic N) is 2. The number of carbonyl (C=O) groups excluding carboxylic acids is 1. The predicted octanol–water partition coefficient (Wildman–Crippen LogP) is 2.35. The average molecular weight is 257 g/mol. The van der Waals surface area contributed by atoms with Gasteiger partial charge in [-0.05, 0) is 12.5 Å². The highest BCUT2D eigenvalue weighted by atomic mass is 35.5. The SMILES string of the molecule is CC(c1cccc([N+](=O)[O-])c1)N(C)C(=O)CCl. The van der Waals surface area contributed by atoms with Crippen molar-refractivity contribution in [3.8, 4) is 0 Å². The van der Waals surface area contributed by atoms with E-state index in [0.29, 0.717) is 5.56 Å². The molecule has 5 nitrogen and oxygen atoms in total. The number of nitro groups is 1. The third-order valence-corrected chi connectivity index (χ3v) is 2.88. The molecule has 0 saturated heterocycles. The van der Waals surface area contributed by atoms with Crippen molar-refractivity contribution >= 4 is 23.2 Å². The second-order valence-electron chi connectivity index (χ2n) is 3.67. The topological polar surface area (TPSA) is 63.5 Å². The summed E-state index contributed by atoms with van der Waals surface area (Å²) in [5.74, 6) is -0.318. The van der Waals surface area contributed by atoms with Crippen molar-refractivity contribution in [3.05, 3.63) is 39.9 Å². The van der Waals surface area contributed by atoms with Gasteiger partial charge in [0.1, 0.15) is 5.88 Å². The highest BCUT2D eigenvalue weighted by molar-refractivity contribution is 6.27. The average Bonchev–Trinajstić information content (AvgIpc) is 2.36. The number of hydrogen-bond acceptors (Lipinski definition) is 3. The van der Waals surface area contributed by atoms with Crippen LogP contribution in [0, 0.1) is 10.1 Å². The molecule has 1 aromatic rings. The summed E-state index contributed by atoms with van der Waals surface area (Å²) >= 11 is 5.46. The molecule has 1 unspecified atom stereocenters. The Bertz CT molecular complexity index is 436. The van der Waals surface area contributed by atoms with Gasteiger partial charge in [0.25, 0.3) is 5.69 Å². The lowest BCUT2D eigenvalue weighted by atomic mass is 10.1. The minimum Gasteiger partial charge on any atom is -0.338 e. The lowest BCUT2D eigenvalue weighted by Gasteiger charge is -2.24. The van der Waals surface area contributed by atoms with Gasteiger partial charge in [0.2, 0.25) is 5.91 Å². The van der Waals surface area contributed by atoms with Gasteiger partial charge in [-0.15, -0.1) is 11.6 Å². The molecule has 1 atom stereocenters. The maximum atomic E-state index is 11.4. The fraction of sp³-hybridized carbons (Fsp3) is 0.364. The van der Waals surface area contributed by atoms with E-state index < -0.39 is 4.92 Å². The molecule has 0 aromatic heterocycles. The molecular weight excluding hydrogens is 244 g/mol. The van der Waals surface area contributed by atoms with Crippen LogP contribution >= 0.6 is 11.6 Å². The Hall–Kier alpha value is -1.62. The van der Waals surface area contributed by atoms with Gasteiger partial charge in [0.15, 0.2) is 0 Å². The highest BCUT2D eigenvalue weighted by Gasteiger charge is 2.18. The van der Waals surface area contributed by atoms with Crippen LogP contribution in [0.4, 0.5) is 5.69 Å². The van der Waals surface area contributed by atoms with Crippen LogP contribution in [0.1, 0.15) is 18.5 Å². The molecule has 0 aliphatic rings. The molecule has 0 N–H and O–H groups in total. The van der Waals surface area contributed by atoms with Crippen molar-refractivity contribution in [1.29, 1.82) is 0 Å². The van der Waals surface area contributed by atoms with Gasteiger partial charge < -0.3 is 4.90 Å². The first-order valence-electron chi connectivity index (χ1n) is 5.03. The molecule has 0 radical (unpaired) electrons. The van der Waals surface area contributed by atoms with Crippen LogP contribution in [-0.4, -0.2) is 28.7 Å². The van der Waals surface area contributed by atoms with Crippen LogP contribution in [0.3, 0.4) is 0 Å². The number of non-ortho nitro benzene ring substituents is 1. The predicted molar refractivity (Wildman–Crippen MR) is 65.0 cm³/mol. The Morgan fingerprint density at radius 2 is 2.24 bits per heavy atom. The molecule has 0 spiro atoms. The Morgan fingerprint density at radius 3 is 2.76 bits per heavy atom. The summed E-state index contributed by atoms with van der Waals surface area (Å²) in [5, 5.41) is 10.6. The van der Waals surface area contributed by atoms with Crippen molar-refractivity contribution in [2.75, 3.05) is 12.9 Å². The van der Waals surface area contributed by atoms with E-state index >= 15 is 0 Å². The number of alkyl halides is 1. The number of amides is 1. The molecular formula is C11H13ClN2O3. The summed E-state index contributed by atoms with van der Waals surface area (Å²) in [4.78, 5) is 23.1. The summed E-state index contributed by atoms with van der Waals surface area (Å²) in [5.41, 5.74) is 0.723. The van der Waals surface area contributed by atoms with Gasteiger partial charge in [-0.1, -0.05) is 12.1 Å². The summed E-state index contributed by atoms with van der Waals surface area (Å²) < 4.78 is 0. The molecule has 1 amide bonds. The lowest BCUT2D eigenvalue weighted by Crippen LogP contribution is -2.30. The second-order valence-corrected chi connectivity index (χ2v) is 3.93. The number of hydrogen-bond donors (Lipinski definition) is 0. The molecule has 1 aromatic carbocycles. The lowest BCUT2D eigenvalue weighted by molar-refractivity contribution is -0.384. The van der Waals surface area contributed by atoms with Crippen LogP contribution in [0.25, 0.3) is 0 Å². The number of benzene rings is 1. The van der Waals surface area contributed by atoms with E-state index in [0.717, 1.165) is 0 Å². The molecule has 0 aliphatic heterocycles. The van der Waals surface area contributed by atoms with E-state index in [2.05, 4.69) is 0 Å². The summed E-state index contributed by atoms with van der Waals surface area (Å²) in [7, 11) is 1.62. The Labute approximate surface area is 104 Å². The first-order valence-corrected chi connectivity index (χ1v) is 5.56. The monoisotopic (exact) mass is 256 g/mol. The maximum Gasteiger partial charge on any atom is 0.269 e. The van der Waals surface area contributed by atoms with Crippen molar-refractivity contribution in [2.24, 2.45) is 0 Å². The van der Waals surface area contributed by atoms with E-state index in [4.69, 9.17) is 11.6 Å². The van der Waals surface area contributed by atoms with E-state index in [1.807, 2.05) is 0 Å². The first-order chi connectivity index (χ1) is 7.97. The van der Waals surface area contributed by atoms with E-state index in [1.54, 1.807) is 26.1 Å². The molecule has 92 valence electrons. The van der Waals surface area contributed by atoms with Gasteiger partial charge in [-0.25, -0.2) is 0 Å².